The number of amidine groups is 2. The number of aliphatic imine (C=N–C) groups is 1. The number of carbonyl (C=O) groups is 1. The highest BCUT2D eigenvalue weighted by molar-refractivity contribution is 8.42. The van der Waals surface area contributed by atoms with E-state index in [1.165, 1.54) is 13.0 Å². The SMILES string of the molecule is CCOc1cc(/C=C2/C(=N)N3N=C(S(=O)(=O)CC)SC3=NC2=O)ccc1OCc1ccccc1Cl. The predicted octanol–water partition coefficient (Wildman–Crippen LogP) is 4.33. The maximum atomic E-state index is 12.6. The Balaban J connectivity index is 1.60. The first-order chi connectivity index (χ1) is 16.7. The Morgan fingerprint density at radius 2 is 1.91 bits per heavy atom. The summed E-state index contributed by atoms with van der Waals surface area (Å²) in [5.74, 6) is -0.107. The molecule has 0 aromatic heterocycles. The fourth-order valence-corrected chi connectivity index (χ4v) is 5.52. The molecule has 0 atom stereocenters. The molecule has 2 aliphatic heterocycles. The molecule has 0 fully saturated rings. The highest BCUT2D eigenvalue weighted by Gasteiger charge is 2.39. The largest absolute Gasteiger partial charge is 0.490 e. The van der Waals surface area contributed by atoms with Gasteiger partial charge in [-0.2, -0.15) is 10.0 Å². The summed E-state index contributed by atoms with van der Waals surface area (Å²) in [6, 6.07) is 12.5. The van der Waals surface area contributed by atoms with E-state index < -0.39 is 15.7 Å². The van der Waals surface area contributed by atoms with Gasteiger partial charge in [-0.1, -0.05) is 42.8 Å². The Labute approximate surface area is 211 Å². The van der Waals surface area contributed by atoms with Gasteiger partial charge in [-0.3, -0.25) is 10.2 Å². The molecule has 0 radical (unpaired) electrons. The molecular formula is C23H21ClN4O5S2. The fraction of sp³-hybridized carbons (Fsp3) is 0.217. The van der Waals surface area contributed by atoms with Crippen molar-refractivity contribution in [1.29, 1.82) is 5.41 Å². The van der Waals surface area contributed by atoms with Crippen LogP contribution in [-0.2, 0) is 21.2 Å². The van der Waals surface area contributed by atoms with Crippen LogP contribution in [-0.4, -0.2) is 47.1 Å². The number of nitrogens with one attached hydrogen (secondary N) is 1. The van der Waals surface area contributed by atoms with Gasteiger partial charge in [-0.05, 0) is 48.5 Å². The van der Waals surface area contributed by atoms with E-state index in [4.69, 9.17) is 26.5 Å². The zero-order chi connectivity index (χ0) is 25.2. The molecule has 12 heteroatoms. The van der Waals surface area contributed by atoms with Gasteiger partial charge >= 0.3 is 0 Å². The third kappa shape index (κ3) is 5.26. The quantitative estimate of drug-likeness (QED) is 0.527. The van der Waals surface area contributed by atoms with Crippen molar-refractivity contribution in [2.45, 2.75) is 20.5 Å². The fourth-order valence-electron chi connectivity index (χ4n) is 3.16. The number of nitrogens with zero attached hydrogens (tertiary/aromatic N) is 3. The number of carbonyl (C=O) groups excluding carboxylic acids is 1. The van der Waals surface area contributed by atoms with Gasteiger partial charge in [0.05, 0.1) is 17.9 Å². The third-order valence-corrected chi connectivity index (χ3v) is 8.46. The molecule has 35 heavy (non-hydrogen) atoms. The summed E-state index contributed by atoms with van der Waals surface area (Å²) >= 11 is 6.96. The van der Waals surface area contributed by atoms with Gasteiger partial charge in [0.15, 0.2) is 17.3 Å². The van der Waals surface area contributed by atoms with Crippen LogP contribution in [0.3, 0.4) is 0 Å². The van der Waals surface area contributed by atoms with E-state index in [0.29, 0.717) is 28.7 Å². The molecule has 0 saturated heterocycles. The molecule has 2 aromatic rings. The molecule has 0 saturated carbocycles. The van der Waals surface area contributed by atoms with Crippen LogP contribution < -0.4 is 9.47 Å². The van der Waals surface area contributed by atoms with E-state index in [9.17, 15) is 13.2 Å². The van der Waals surface area contributed by atoms with Crippen molar-refractivity contribution in [3.63, 3.8) is 0 Å². The first-order valence-corrected chi connectivity index (χ1v) is 13.4. The number of thioether (sulfide) groups is 1. The van der Waals surface area contributed by atoms with Crippen molar-refractivity contribution in [3.8, 4) is 11.5 Å². The van der Waals surface area contributed by atoms with Crippen LogP contribution in [0.5, 0.6) is 11.5 Å². The van der Waals surface area contributed by atoms with Crippen LogP contribution in [0.25, 0.3) is 6.08 Å². The van der Waals surface area contributed by atoms with Crippen molar-refractivity contribution in [1.82, 2.24) is 5.01 Å². The molecule has 0 unspecified atom stereocenters. The molecule has 1 amide bonds. The molecule has 1 N–H and O–H groups in total. The second-order valence-electron chi connectivity index (χ2n) is 7.31. The Bertz CT molecular complexity index is 1400. The normalized spacial score (nSPS) is 16.8. The second kappa shape index (κ2) is 10.2. The number of ether oxygens (including phenoxy) is 2. The van der Waals surface area contributed by atoms with Gasteiger partial charge in [0.1, 0.15) is 6.61 Å². The maximum Gasteiger partial charge on any atom is 0.283 e. The number of halogens is 1. The second-order valence-corrected chi connectivity index (χ2v) is 11.1. The number of benzene rings is 2. The molecule has 2 aliphatic rings. The topological polar surface area (TPSA) is 121 Å². The van der Waals surface area contributed by atoms with Crippen LogP contribution >= 0.6 is 23.4 Å². The van der Waals surface area contributed by atoms with Crippen molar-refractivity contribution in [3.05, 3.63) is 64.2 Å². The summed E-state index contributed by atoms with van der Waals surface area (Å²) in [6.07, 6.45) is 1.48. The summed E-state index contributed by atoms with van der Waals surface area (Å²) in [4.78, 5) is 16.6. The van der Waals surface area contributed by atoms with Crippen LogP contribution in [0.4, 0.5) is 0 Å². The Hall–Kier alpha value is -3.15. The Morgan fingerprint density at radius 1 is 1.14 bits per heavy atom. The molecule has 0 aliphatic carbocycles. The average Bonchev–Trinajstić information content (AvgIpc) is 3.27. The van der Waals surface area contributed by atoms with Crippen LogP contribution in [0.15, 0.2) is 58.1 Å². The molecule has 0 spiro atoms. The van der Waals surface area contributed by atoms with E-state index in [1.54, 1.807) is 24.3 Å². The van der Waals surface area contributed by atoms with Crippen molar-refractivity contribution < 1.29 is 22.7 Å². The van der Waals surface area contributed by atoms with Gasteiger partial charge in [0, 0.05) is 10.6 Å². The minimum atomic E-state index is -3.59. The number of hydrazone groups is 1. The van der Waals surface area contributed by atoms with Gasteiger partial charge in [-0.15, -0.1) is 5.10 Å². The smallest absolute Gasteiger partial charge is 0.283 e. The monoisotopic (exact) mass is 532 g/mol. The number of amides is 1. The van der Waals surface area contributed by atoms with E-state index >= 15 is 0 Å². The van der Waals surface area contributed by atoms with E-state index in [1.807, 2.05) is 25.1 Å². The number of fused-ring (bicyclic) bond motifs is 1. The lowest BCUT2D eigenvalue weighted by molar-refractivity contribution is -0.114. The van der Waals surface area contributed by atoms with E-state index in [-0.39, 0.29) is 33.3 Å². The Morgan fingerprint density at radius 3 is 2.63 bits per heavy atom. The lowest BCUT2D eigenvalue weighted by Crippen LogP contribution is -2.35. The van der Waals surface area contributed by atoms with Crippen molar-refractivity contribution >= 4 is 60.6 Å². The molecule has 182 valence electrons. The minimum Gasteiger partial charge on any atom is -0.490 e. The lowest BCUT2D eigenvalue weighted by atomic mass is 10.1. The minimum absolute atomic E-state index is 0.0274. The summed E-state index contributed by atoms with van der Waals surface area (Å²) in [7, 11) is -3.59. The first-order valence-electron chi connectivity index (χ1n) is 10.6. The van der Waals surface area contributed by atoms with E-state index in [0.717, 1.165) is 22.3 Å². The predicted molar refractivity (Wildman–Crippen MR) is 138 cm³/mol. The molecule has 0 bridgehead atoms. The van der Waals surface area contributed by atoms with Gasteiger partial charge in [0.25, 0.3) is 5.91 Å². The van der Waals surface area contributed by atoms with Crippen LogP contribution in [0.2, 0.25) is 5.02 Å². The standard InChI is InChI=1S/C23H21ClN4O5S2/c1-3-32-19-12-14(9-10-18(19)33-13-15-7-5-6-8-17(15)24)11-16-20(25)28-22(26-21(16)29)34-23(27-28)35(30,31)4-2/h5-12,25H,3-4,13H2,1-2H3/b16-11-,25-20?. The van der Waals surface area contributed by atoms with Crippen molar-refractivity contribution in [2.24, 2.45) is 10.1 Å². The number of rotatable bonds is 7. The lowest BCUT2D eigenvalue weighted by Gasteiger charge is -2.20. The zero-order valence-electron chi connectivity index (χ0n) is 18.8. The highest BCUT2D eigenvalue weighted by Crippen LogP contribution is 2.33. The van der Waals surface area contributed by atoms with Crippen molar-refractivity contribution in [2.75, 3.05) is 12.4 Å². The highest BCUT2D eigenvalue weighted by atomic mass is 35.5. The van der Waals surface area contributed by atoms with E-state index in [2.05, 4.69) is 10.1 Å². The number of hydrogen-bond donors (Lipinski definition) is 1. The van der Waals surface area contributed by atoms with Gasteiger partial charge in [0.2, 0.25) is 19.4 Å². The zero-order valence-corrected chi connectivity index (χ0v) is 21.2. The number of hydrogen-bond acceptors (Lipinski definition) is 8. The first kappa shape index (κ1) is 25.0. The van der Waals surface area contributed by atoms with Crippen LogP contribution in [0.1, 0.15) is 25.0 Å². The molecule has 2 aromatic carbocycles. The van der Waals surface area contributed by atoms with Gasteiger partial charge in [-0.25, -0.2) is 8.42 Å². The molecule has 2 heterocycles. The summed E-state index contributed by atoms with van der Waals surface area (Å²) in [5.41, 5.74) is 1.37. The summed E-state index contributed by atoms with van der Waals surface area (Å²) in [6.45, 7) is 3.97. The van der Waals surface area contributed by atoms with Crippen LogP contribution in [0, 0.1) is 5.41 Å². The summed E-state index contributed by atoms with van der Waals surface area (Å²) < 4.78 is 35.8. The maximum absolute atomic E-state index is 12.6. The third-order valence-electron chi connectivity index (χ3n) is 5.00. The summed E-state index contributed by atoms with van der Waals surface area (Å²) in [5, 5.41) is 14.1. The number of sulfone groups is 1. The average molecular weight is 533 g/mol. The van der Waals surface area contributed by atoms with Gasteiger partial charge < -0.3 is 9.47 Å². The molecule has 4 rings (SSSR count). The molecular weight excluding hydrogens is 512 g/mol. The Kier molecular flexibility index (Phi) is 7.29. The molecule has 9 nitrogen and oxygen atoms in total.